The molecule has 2 nitrogen and oxygen atoms in total. The van der Waals surface area contributed by atoms with Gasteiger partial charge in [-0.05, 0) is 73.7 Å². The molecule has 1 unspecified atom stereocenters. The third-order valence-corrected chi connectivity index (χ3v) is 6.06. The van der Waals surface area contributed by atoms with Crippen molar-refractivity contribution in [2.24, 2.45) is 11.1 Å². The summed E-state index contributed by atoms with van der Waals surface area (Å²) in [5, 5.41) is 0. The van der Waals surface area contributed by atoms with Gasteiger partial charge in [-0.25, -0.2) is 0 Å². The lowest BCUT2D eigenvalue weighted by molar-refractivity contribution is 0.529. The van der Waals surface area contributed by atoms with Crippen molar-refractivity contribution in [1.29, 1.82) is 0 Å². The number of rotatable bonds is 5. The molecule has 0 aliphatic heterocycles. The van der Waals surface area contributed by atoms with E-state index in [1.54, 1.807) is 0 Å². The lowest BCUT2D eigenvalue weighted by Crippen LogP contribution is -2.17. The van der Waals surface area contributed by atoms with Gasteiger partial charge in [0.05, 0.1) is 10.8 Å². The highest BCUT2D eigenvalue weighted by Crippen LogP contribution is 2.49. The Balaban J connectivity index is 1.73. The molecule has 0 aromatic heterocycles. The average Bonchev–Trinajstić information content (AvgIpc) is 2.95. The van der Waals surface area contributed by atoms with Gasteiger partial charge in [0.15, 0.2) is 0 Å². The van der Waals surface area contributed by atoms with Crippen LogP contribution in [0.25, 0.3) is 0 Å². The van der Waals surface area contributed by atoms with Crippen molar-refractivity contribution in [2.45, 2.75) is 43.4 Å². The summed E-state index contributed by atoms with van der Waals surface area (Å²) in [6.45, 7) is 0.724. The second-order valence-corrected chi connectivity index (χ2v) is 7.26. The Morgan fingerprint density at radius 1 is 1.22 bits per heavy atom. The largest absolute Gasteiger partial charge is 0.330 e. The molecule has 1 aromatic rings. The number of aryl methyl sites for hydroxylation is 2. The zero-order chi connectivity index (χ0) is 12.6. The molecule has 2 aliphatic carbocycles. The highest BCUT2D eigenvalue weighted by molar-refractivity contribution is 7.85. The molecule has 0 amide bonds. The van der Waals surface area contributed by atoms with Crippen LogP contribution in [-0.2, 0) is 23.6 Å². The van der Waals surface area contributed by atoms with Crippen LogP contribution in [-0.4, -0.2) is 16.5 Å². The molecule has 0 heterocycles. The SMILES string of the molecule is NCCC1(CS(=O)c2ccc3c(c2)CCC3)CC1. The van der Waals surface area contributed by atoms with E-state index < -0.39 is 10.8 Å². The molecule has 0 bridgehead atoms. The molecular weight excluding hydrogens is 242 g/mol. The van der Waals surface area contributed by atoms with E-state index in [4.69, 9.17) is 5.73 Å². The predicted octanol–water partition coefficient (Wildman–Crippen LogP) is 2.41. The maximum Gasteiger partial charge on any atom is 0.0535 e. The van der Waals surface area contributed by atoms with E-state index in [1.165, 1.54) is 36.8 Å². The summed E-state index contributed by atoms with van der Waals surface area (Å²) in [7, 11) is -0.840. The predicted molar refractivity (Wildman–Crippen MR) is 75.1 cm³/mol. The first kappa shape index (κ1) is 12.4. The number of hydrogen-bond acceptors (Lipinski definition) is 2. The first-order valence-electron chi connectivity index (χ1n) is 6.93. The molecule has 0 radical (unpaired) electrons. The van der Waals surface area contributed by atoms with Crippen LogP contribution in [0.2, 0.25) is 0 Å². The summed E-state index contributed by atoms with van der Waals surface area (Å²) in [6, 6.07) is 6.42. The van der Waals surface area contributed by atoms with Gasteiger partial charge in [-0.15, -0.1) is 0 Å². The lowest BCUT2D eigenvalue weighted by atomic mass is 10.1. The van der Waals surface area contributed by atoms with Gasteiger partial charge in [0.2, 0.25) is 0 Å². The number of benzene rings is 1. The zero-order valence-electron chi connectivity index (χ0n) is 10.8. The van der Waals surface area contributed by atoms with Crippen molar-refractivity contribution in [1.82, 2.24) is 0 Å². The molecule has 1 atom stereocenters. The Hall–Kier alpha value is -0.670. The van der Waals surface area contributed by atoms with Gasteiger partial charge in [0.25, 0.3) is 0 Å². The zero-order valence-corrected chi connectivity index (χ0v) is 11.6. The fraction of sp³-hybridized carbons (Fsp3) is 0.600. The van der Waals surface area contributed by atoms with E-state index in [0.29, 0.717) is 5.41 Å². The third kappa shape index (κ3) is 2.39. The van der Waals surface area contributed by atoms with Crippen LogP contribution < -0.4 is 5.73 Å². The van der Waals surface area contributed by atoms with Crippen LogP contribution in [0.15, 0.2) is 23.1 Å². The van der Waals surface area contributed by atoms with Gasteiger partial charge >= 0.3 is 0 Å². The first-order chi connectivity index (χ1) is 8.72. The van der Waals surface area contributed by atoms with Gasteiger partial charge in [-0.3, -0.25) is 4.21 Å². The Bertz CT molecular complexity index is 479. The smallest absolute Gasteiger partial charge is 0.0535 e. The van der Waals surface area contributed by atoms with E-state index in [-0.39, 0.29) is 0 Å². The minimum atomic E-state index is -0.840. The highest BCUT2D eigenvalue weighted by atomic mass is 32.2. The number of hydrogen-bond donors (Lipinski definition) is 1. The second-order valence-electron chi connectivity index (χ2n) is 5.81. The summed E-state index contributed by atoms with van der Waals surface area (Å²) in [4.78, 5) is 1.03. The molecule has 3 heteroatoms. The van der Waals surface area contributed by atoms with E-state index >= 15 is 0 Å². The number of fused-ring (bicyclic) bond motifs is 1. The van der Waals surface area contributed by atoms with Crippen LogP contribution in [0.3, 0.4) is 0 Å². The Morgan fingerprint density at radius 2 is 2.00 bits per heavy atom. The lowest BCUT2D eigenvalue weighted by Gasteiger charge is -2.13. The molecule has 2 aliphatic rings. The standard InChI is InChI=1S/C15H21NOS/c16-9-8-15(6-7-15)11-18(17)14-5-4-12-2-1-3-13(12)10-14/h4-5,10H,1-3,6-9,11,16H2. The van der Waals surface area contributed by atoms with Crippen molar-refractivity contribution >= 4 is 10.8 Å². The summed E-state index contributed by atoms with van der Waals surface area (Å²) in [5.74, 6) is 0.809. The van der Waals surface area contributed by atoms with Crippen LogP contribution in [0, 0.1) is 5.41 Å². The normalized spacial score (nSPS) is 21.6. The first-order valence-corrected chi connectivity index (χ1v) is 8.25. The fourth-order valence-electron chi connectivity index (χ4n) is 3.00. The van der Waals surface area contributed by atoms with Crippen LogP contribution in [0.4, 0.5) is 0 Å². The van der Waals surface area contributed by atoms with Crippen molar-refractivity contribution < 1.29 is 4.21 Å². The van der Waals surface area contributed by atoms with Gasteiger partial charge in [0, 0.05) is 10.6 Å². The van der Waals surface area contributed by atoms with E-state index in [9.17, 15) is 4.21 Å². The van der Waals surface area contributed by atoms with Gasteiger partial charge in [-0.2, -0.15) is 0 Å². The minimum Gasteiger partial charge on any atom is -0.330 e. The molecule has 2 N–H and O–H groups in total. The van der Waals surface area contributed by atoms with Gasteiger partial charge in [-0.1, -0.05) is 6.07 Å². The molecular formula is C15H21NOS. The molecule has 3 rings (SSSR count). The summed E-state index contributed by atoms with van der Waals surface area (Å²) in [6.07, 6.45) is 7.06. The van der Waals surface area contributed by atoms with Gasteiger partial charge in [0.1, 0.15) is 0 Å². The quantitative estimate of drug-likeness (QED) is 0.886. The maximum atomic E-state index is 12.4. The molecule has 1 saturated carbocycles. The van der Waals surface area contributed by atoms with Gasteiger partial charge < -0.3 is 5.73 Å². The minimum absolute atomic E-state index is 0.304. The van der Waals surface area contributed by atoms with Crippen molar-refractivity contribution in [3.8, 4) is 0 Å². The maximum absolute atomic E-state index is 12.4. The number of nitrogens with two attached hydrogens (primary N) is 1. The Morgan fingerprint density at radius 3 is 2.72 bits per heavy atom. The molecule has 0 saturated heterocycles. The fourth-order valence-corrected chi connectivity index (χ4v) is 4.65. The van der Waals surface area contributed by atoms with Crippen LogP contribution in [0.5, 0.6) is 0 Å². The van der Waals surface area contributed by atoms with Crippen LogP contribution >= 0.6 is 0 Å². The van der Waals surface area contributed by atoms with E-state index in [0.717, 1.165) is 30.0 Å². The van der Waals surface area contributed by atoms with E-state index in [1.807, 2.05) is 0 Å². The van der Waals surface area contributed by atoms with Crippen molar-refractivity contribution in [3.05, 3.63) is 29.3 Å². The average molecular weight is 263 g/mol. The summed E-state index contributed by atoms with van der Waals surface area (Å²) < 4.78 is 12.4. The third-order valence-electron chi connectivity index (χ3n) is 4.40. The topological polar surface area (TPSA) is 43.1 Å². The van der Waals surface area contributed by atoms with Crippen LogP contribution in [0.1, 0.15) is 36.8 Å². The Labute approximate surface area is 111 Å². The summed E-state index contributed by atoms with van der Waals surface area (Å²) in [5.41, 5.74) is 8.83. The summed E-state index contributed by atoms with van der Waals surface area (Å²) >= 11 is 0. The van der Waals surface area contributed by atoms with Crippen molar-refractivity contribution in [3.63, 3.8) is 0 Å². The molecule has 1 fully saturated rings. The van der Waals surface area contributed by atoms with E-state index in [2.05, 4.69) is 18.2 Å². The highest BCUT2D eigenvalue weighted by Gasteiger charge is 2.43. The van der Waals surface area contributed by atoms with Crippen molar-refractivity contribution in [2.75, 3.05) is 12.3 Å². The molecule has 0 spiro atoms. The Kier molecular flexibility index (Phi) is 3.29. The molecule has 18 heavy (non-hydrogen) atoms. The molecule has 98 valence electrons. The monoisotopic (exact) mass is 263 g/mol. The second kappa shape index (κ2) is 4.78. The molecule has 1 aromatic carbocycles.